The van der Waals surface area contributed by atoms with E-state index in [-0.39, 0.29) is 5.69 Å². The molecule has 2 unspecified atom stereocenters. The first kappa shape index (κ1) is 15.3. The molecular formula is C15H21ClN2O2. The minimum absolute atomic E-state index is 0.0404. The van der Waals surface area contributed by atoms with Gasteiger partial charge in [0.05, 0.1) is 9.95 Å². The molecule has 1 saturated carbocycles. The van der Waals surface area contributed by atoms with E-state index in [4.69, 9.17) is 11.6 Å². The maximum absolute atomic E-state index is 10.7. The van der Waals surface area contributed by atoms with Crippen LogP contribution in [0.3, 0.4) is 0 Å². The lowest BCUT2D eigenvalue weighted by atomic mass is 9.80. The van der Waals surface area contributed by atoms with Crippen LogP contribution in [0, 0.1) is 22.0 Å². The Balaban J connectivity index is 1.95. The van der Waals surface area contributed by atoms with Gasteiger partial charge in [-0.25, -0.2) is 0 Å². The fourth-order valence-corrected chi connectivity index (χ4v) is 3.40. The summed E-state index contributed by atoms with van der Waals surface area (Å²) >= 11 is 6.10. The Morgan fingerprint density at radius 1 is 1.30 bits per heavy atom. The van der Waals surface area contributed by atoms with E-state index in [0.29, 0.717) is 17.6 Å². The zero-order chi connectivity index (χ0) is 14.7. The fourth-order valence-electron chi connectivity index (χ4n) is 3.16. The van der Waals surface area contributed by atoms with Gasteiger partial charge < -0.3 is 5.32 Å². The minimum Gasteiger partial charge on any atom is -0.310 e. The highest BCUT2D eigenvalue weighted by Crippen LogP contribution is 2.29. The number of rotatable bonds is 4. The highest BCUT2D eigenvalue weighted by molar-refractivity contribution is 6.31. The van der Waals surface area contributed by atoms with E-state index in [2.05, 4.69) is 19.2 Å². The molecule has 1 aromatic carbocycles. The van der Waals surface area contributed by atoms with Gasteiger partial charge in [-0.2, -0.15) is 0 Å². The molecule has 1 aliphatic rings. The molecule has 0 radical (unpaired) electrons. The Morgan fingerprint density at radius 3 is 2.50 bits per heavy atom. The van der Waals surface area contributed by atoms with Crippen LogP contribution in [0.15, 0.2) is 18.2 Å². The molecule has 0 aliphatic heterocycles. The van der Waals surface area contributed by atoms with Gasteiger partial charge in [0, 0.05) is 24.7 Å². The average Bonchev–Trinajstić information content (AvgIpc) is 2.36. The van der Waals surface area contributed by atoms with Crippen LogP contribution in [0.2, 0.25) is 5.02 Å². The average molecular weight is 297 g/mol. The SMILES string of the molecule is CC1CC(C)CC(NCc2ccc([N+](=O)[O-])cc2Cl)C1. The number of halogens is 1. The molecule has 0 saturated heterocycles. The quantitative estimate of drug-likeness (QED) is 0.670. The lowest BCUT2D eigenvalue weighted by Gasteiger charge is -2.32. The van der Waals surface area contributed by atoms with E-state index >= 15 is 0 Å². The van der Waals surface area contributed by atoms with Gasteiger partial charge in [-0.1, -0.05) is 25.4 Å². The van der Waals surface area contributed by atoms with Crippen molar-refractivity contribution < 1.29 is 4.92 Å². The highest BCUT2D eigenvalue weighted by atomic mass is 35.5. The normalized spacial score (nSPS) is 26.4. The third-order valence-corrected chi connectivity index (χ3v) is 4.36. The molecule has 1 N–H and O–H groups in total. The predicted molar refractivity (Wildman–Crippen MR) is 80.9 cm³/mol. The minimum atomic E-state index is -0.423. The van der Waals surface area contributed by atoms with Crippen molar-refractivity contribution in [3.8, 4) is 0 Å². The van der Waals surface area contributed by atoms with Gasteiger partial charge in [0.1, 0.15) is 0 Å². The van der Waals surface area contributed by atoms with Crippen LogP contribution >= 0.6 is 11.6 Å². The Labute approximate surface area is 124 Å². The van der Waals surface area contributed by atoms with E-state index in [1.165, 1.54) is 31.4 Å². The highest BCUT2D eigenvalue weighted by Gasteiger charge is 2.23. The molecule has 2 rings (SSSR count). The van der Waals surface area contributed by atoms with Crippen molar-refractivity contribution in [2.45, 2.75) is 45.7 Å². The fraction of sp³-hybridized carbons (Fsp3) is 0.600. The van der Waals surface area contributed by atoms with Crippen LogP contribution < -0.4 is 5.32 Å². The molecule has 1 fully saturated rings. The predicted octanol–water partition coefficient (Wildman–Crippen LogP) is 4.16. The lowest BCUT2D eigenvalue weighted by molar-refractivity contribution is -0.384. The smallest absolute Gasteiger partial charge is 0.270 e. The van der Waals surface area contributed by atoms with E-state index in [9.17, 15) is 10.1 Å². The van der Waals surface area contributed by atoms with Crippen LogP contribution in [0.25, 0.3) is 0 Å². The third-order valence-electron chi connectivity index (χ3n) is 4.01. The van der Waals surface area contributed by atoms with E-state index in [1.54, 1.807) is 6.07 Å². The molecule has 0 spiro atoms. The van der Waals surface area contributed by atoms with Crippen LogP contribution in [-0.4, -0.2) is 11.0 Å². The summed E-state index contributed by atoms with van der Waals surface area (Å²) in [7, 11) is 0. The lowest BCUT2D eigenvalue weighted by Crippen LogP contribution is -2.35. The van der Waals surface area contributed by atoms with E-state index in [0.717, 1.165) is 17.4 Å². The first-order valence-electron chi connectivity index (χ1n) is 7.12. The van der Waals surface area contributed by atoms with Crippen molar-refractivity contribution in [3.05, 3.63) is 38.9 Å². The van der Waals surface area contributed by atoms with Crippen LogP contribution in [0.5, 0.6) is 0 Å². The zero-order valence-corrected chi connectivity index (χ0v) is 12.7. The molecule has 110 valence electrons. The number of nitro groups is 1. The zero-order valence-electron chi connectivity index (χ0n) is 11.9. The molecule has 2 atom stereocenters. The number of nitrogens with one attached hydrogen (secondary N) is 1. The molecule has 0 aromatic heterocycles. The second-order valence-electron chi connectivity index (χ2n) is 6.03. The molecule has 0 heterocycles. The van der Waals surface area contributed by atoms with Gasteiger partial charge in [-0.3, -0.25) is 10.1 Å². The summed E-state index contributed by atoms with van der Waals surface area (Å²) < 4.78 is 0. The second-order valence-corrected chi connectivity index (χ2v) is 6.44. The Morgan fingerprint density at radius 2 is 1.95 bits per heavy atom. The monoisotopic (exact) mass is 296 g/mol. The van der Waals surface area contributed by atoms with Gasteiger partial charge in [-0.15, -0.1) is 0 Å². The summed E-state index contributed by atoms with van der Waals surface area (Å²) in [6, 6.07) is 5.18. The first-order chi connectivity index (χ1) is 9.45. The van der Waals surface area contributed by atoms with Crippen molar-refractivity contribution >= 4 is 17.3 Å². The Kier molecular flexibility index (Phi) is 5.00. The van der Waals surface area contributed by atoms with Gasteiger partial charge in [-0.05, 0) is 42.7 Å². The van der Waals surface area contributed by atoms with E-state index < -0.39 is 4.92 Å². The number of hydrogen-bond donors (Lipinski definition) is 1. The summed E-state index contributed by atoms with van der Waals surface area (Å²) in [5.41, 5.74) is 0.960. The van der Waals surface area contributed by atoms with Crippen LogP contribution in [0.4, 0.5) is 5.69 Å². The van der Waals surface area contributed by atoms with Crippen LogP contribution in [0.1, 0.15) is 38.7 Å². The Hall–Kier alpha value is -1.13. The van der Waals surface area contributed by atoms with Gasteiger partial charge in [0.15, 0.2) is 0 Å². The molecule has 1 aliphatic carbocycles. The third kappa shape index (κ3) is 3.93. The van der Waals surface area contributed by atoms with E-state index in [1.807, 2.05) is 0 Å². The molecular weight excluding hydrogens is 276 g/mol. The van der Waals surface area contributed by atoms with Crippen molar-refractivity contribution in [3.63, 3.8) is 0 Å². The number of hydrogen-bond acceptors (Lipinski definition) is 3. The summed E-state index contributed by atoms with van der Waals surface area (Å²) in [5.74, 6) is 1.51. The molecule has 0 bridgehead atoms. The maximum atomic E-state index is 10.7. The Bertz CT molecular complexity index is 483. The summed E-state index contributed by atoms with van der Waals surface area (Å²) in [5, 5.41) is 14.7. The molecule has 5 heteroatoms. The van der Waals surface area contributed by atoms with Crippen molar-refractivity contribution in [1.29, 1.82) is 0 Å². The maximum Gasteiger partial charge on any atom is 0.270 e. The van der Waals surface area contributed by atoms with Gasteiger partial charge >= 0.3 is 0 Å². The molecule has 4 nitrogen and oxygen atoms in total. The van der Waals surface area contributed by atoms with Gasteiger partial charge in [0.2, 0.25) is 0 Å². The second kappa shape index (κ2) is 6.55. The van der Waals surface area contributed by atoms with Crippen molar-refractivity contribution in [2.75, 3.05) is 0 Å². The topological polar surface area (TPSA) is 55.2 Å². The summed E-state index contributed by atoms with van der Waals surface area (Å²) in [6.45, 7) is 5.26. The molecule has 0 amide bonds. The number of nitrogens with zero attached hydrogens (tertiary/aromatic N) is 1. The molecule has 1 aromatic rings. The number of non-ortho nitro benzene ring substituents is 1. The number of nitro benzene ring substituents is 1. The summed E-state index contributed by atoms with van der Waals surface area (Å²) in [6.07, 6.45) is 3.68. The molecule has 20 heavy (non-hydrogen) atoms. The largest absolute Gasteiger partial charge is 0.310 e. The van der Waals surface area contributed by atoms with Crippen molar-refractivity contribution in [2.24, 2.45) is 11.8 Å². The summed E-state index contributed by atoms with van der Waals surface area (Å²) in [4.78, 5) is 10.3. The number of benzene rings is 1. The standard InChI is InChI=1S/C15H21ClN2O2/c1-10-5-11(2)7-13(6-10)17-9-12-3-4-14(18(19)20)8-15(12)16/h3-4,8,10-11,13,17H,5-7,9H2,1-2H3. The first-order valence-corrected chi connectivity index (χ1v) is 7.49. The van der Waals surface area contributed by atoms with Crippen LogP contribution in [-0.2, 0) is 6.54 Å². The van der Waals surface area contributed by atoms with Gasteiger partial charge in [0.25, 0.3) is 5.69 Å². The van der Waals surface area contributed by atoms with Crippen molar-refractivity contribution in [1.82, 2.24) is 5.32 Å².